The lowest BCUT2D eigenvalue weighted by Gasteiger charge is -2.09. The Morgan fingerprint density at radius 3 is 2.52 bits per heavy atom. The van der Waals surface area contributed by atoms with Gasteiger partial charge in [-0.05, 0) is 48.9 Å². The van der Waals surface area contributed by atoms with Crippen molar-refractivity contribution in [3.05, 3.63) is 59.8 Å². The van der Waals surface area contributed by atoms with Gasteiger partial charge in [-0.3, -0.25) is 0 Å². The van der Waals surface area contributed by atoms with E-state index in [4.69, 9.17) is 4.74 Å². The van der Waals surface area contributed by atoms with E-state index >= 15 is 0 Å². The molecule has 0 aliphatic heterocycles. The van der Waals surface area contributed by atoms with Crippen LogP contribution in [0.4, 0.5) is 0 Å². The first-order valence-corrected chi connectivity index (χ1v) is 7.00. The molecule has 0 aliphatic rings. The molecule has 3 rings (SSSR count). The van der Waals surface area contributed by atoms with E-state index in [9.17, 15) is 9.90 Å². The summed E-state index contributed by atoms with van der Waals surface area (Å²) in [5.41, 5.74) is 2.86. The first kappa shape index (κ1) is 14.8. The third-order valence-corrected chi connectivity index (χ3v) is 3.48. The molecule has 6 nitrogen and oxygen atoms in total. The van der Waals surface area contributed by atoms with Crippen LogP contribution in [-0.2, 0) is 0 Å². The third kappa shape index (κ3) is 2.78. The first-order valence-electron chi connectivity index (χ1n) is 7.00. The number of hydrogen-bond acceptors (Lipinski definition) is 4. The smallest absolute Gasteiger partial charge is 0.358 e. The number of carbonyl (C=O) groups is 1. The van der Waals surface area contributed by atoms with Gasteiger partial charge in [0.1, 0.15) is 11.4 Å². The van der Waals surface area contributed by atoms with Crippen LogP contribution < -0.4 is 4.74 Å². The van der Waals surface area contributed by atoms with Crippen LogP contribution in [0.5, 0.6) is 5.75 Å². The minimum atomic E-state index is -1.12. The van der Waals surface area contributed by atoms with Crippen LogP contribution in [0, 0.1) is 6.92 Å². The molecule has 0 saturated carbocycles. The zero-order valence-corrected chi connectivity index (χ0v) is 12.7. The van der Waals surface area contributed by atoms with Gasteiger partial charge < -0.3 is 9.84 Å². The zero-order valence-electron chi connectivity index (χ0n) is 12.7. The van der Waals surface area contributed by atoms with Crippen molar-refractivity contribution in [2.75, 3.05) is 7.11 Å². The van der Waals surface area contributed by atoms with Gasteiger partial charge >= 0.3 is 5.97 Å². The van der Waals surface area contributed by atoms with Crippen molar-refractivity contribution in [3.63, 3.8) is 0 Å². The molecule has 116 valence electrons. The number of rotatable bonds is 4. The maximum Gasteiger partial charge on any atom is 0.358 e. The van der Waals surface area contributed by atoms with Crippen molar-refractivity contribution < 1.29 is 14.6 Å². The Hall–Kier alpha value is -3.15. The molecule has 0 aliphatic carbocycles. The van der Waals surface area contributed by atoms with Crippen molar-refractivity contribution in [2.45, 2.75) is 6.92 Å². The Kier molecular flexibility index (Phi) is 3.80. The summed E-state index contributed by atoms with van der Waals surface area (Å²) < 4.78 is 6.68. The number of carboxylic acid groups (broad SMARTS) is 1. The van der Waals surface area contributed by atoms with Gasteiger partial charge in [0.25, 0.3) is 0 Å². The Labute approximate surface area is 133 Å². The maximum atomic E-state index is 11.5. The fourth-order valence-corrected chi connectivity index (χ4v) is 2.37. The van der Waals surface area contributed by atoms with E-state index < -0.39 is 5.97 Å². The molecule has 0 unspecified atom stereocenters. The van der Waals surface area contributed by atoms with E-state index in [2.05, 4.69) is 10.3 Å². The molecule has 1 heterocycles. The van der Waals surface area contributed by atoms with Crippen LogP contribution in [0.2, 0.25) is 0 Å². The number of aromatic nitrogens is 3. The number of methoxy groups -OCH3 is 1. The Balaban J connectivity index is 2.20. The number of aromatic carboxylic acids is 1. The highest BCUT2D eigenvalue weighted by Gasteiger charge is 2.21. The van der Waals surface area contributed by atoms with Crippen LogP contribution in [-0.4, -0.2) is 33.2 Å². The molecule has 1 N–H and O–H groups in total. The highest BCUT2D eigenvalue weighted by atomic mass is 16.5. The summed E-state index contributed by atoms with van der Waals surface area (Å²) in [5, 5.41) is 17.2. The van der Waals surface area contributed by atoms with Gasteiger partial charge in [-0.25, -0.2) is 9.48 Å². The van der Waals surface area contributed by atoms with E-state index in [1.807, 2.05) is 31.2 Å². The molecule has 0 amide bonds. The lowest BCUT2D eigenvalue weighted by molar-refractivity contribution is 0.0691. The largest absolute Gasteiger partial charge is 0.497 e. The predicted octanol–water partition coefficient (Wildman–Crippen LogP) is 2.95. The van der Waals surface area contributed by atoms with Crippen molar-refractivity contribution in [2.24, 2.45) is 0 Å². The van der Waals surface area contributed by atoms with Gasteiger partial charge in [0.15, 0.2) is 5.69 Å². The fraction of sp³-hybridized carbons (Fsp3) is 0.118. The molecular formula is C17H15N3O3. The molecule has 0 atom stereocenters. The van der Waals surface area contributed by atoms with Gasteiger partial charge in [-0.15, -0.1) is 5.10 Å². The quantitative estimate of drug-likeness (QED) is 0.801. The van der Waals surface area contributed by atoms with Gasteiger partial charge in [-0.1, -0.05) is 17.3 Å². The lowest BCUT2D eigenvalue weighted by Crippen LogP contribution is -2.03. The molecule has 3 aromatic rings. The van der Waals surface area contributed by atoms with Crippen molar-refractivity contribution in [1.29, 1.82) is 0 Å². The van der Waals surface area contributed by atoms with Crippen molar-refractivity contribution in [3.8, 4) is 22.7 Å². The average Bonchev–Trinajstić information content (AvgIpc) is 3.00. The van der Waals surface area contributed by atoms with E-state index in [0.29, 0.717) is 17.0 Å². The summed E-state index contributed by atoms with van der Waals surface area (Å²) in [4.78, 5) is 11.5. The maximum absolute atomic E-state index is 11.5. The second-order valence-corrected chi connectivity index (χ2v) is 5.07. The van der Waals surface area contributed by atoms with Crippen LogP contribution >= 0.6 is 0 Å². The average molecular weight is 309 g/mol. The minimum absolute atomic E-state index is 0.0864. The van der Waals surface area contributed by atoms with Crippen LogP contribution in [0.1, 0.15) is 16.1 Å². The van der Waals surface area contributed by atoms with Gasteiger partial charge in [0, 0.05) is 5.56 Å². The van der Waals surface area contributed by atoms with Crippen LogP contribution in [0.3, 0.4) is 0 Å². The monoisotopic (exact) mass is 309 g/mol. The number of nitrogens with zero attached hydrogens (tertiary/aromatic N) is 3. The standard InChI is InChI=1S/C17H15N3O3/c1-11-4-3-5-13(10-11)20-16(15(17(21)22)18-19-20)12-6-8-14(23-2)9-7-12/h3-10H,1-2H3,(H,21,22). The number of carboxylic acids is 1. The van der Waals surface area contributed by atoms with Gasteiger partial charge in [0.05, 0.1) is 12.8 Å². The van der Waals surface area contributed by atoms with E-state index in [-0.39, 0.29) is 5.69 Å². The molecule has 6 heteroatoms. The molecule has 0 fully saturated rings. The summed E-state index contributed by atoms with van der Waals surface area (Å²) >= 11 is 0. The molecule has 2 aromatic carbocycles. The van der Waals surface area contributed by atoms with E-state index in [1.54, 1.807) is 31.4 Å². The number of ether oxygens (including phenoxy) is 1. The molecule has 0 radical (unpaired) electrons. The lowest BCUT2D eigenvalue weighted by atomic mass is 10.1. The molecule has 23 heavy (non-hydrogen) atoms. The summed E-state index contributed by atoms with van der Waals surface area (Å²) in [7, 11) is 1.58. The Morgan fingerprint density at radius 2 is 1.91 bits per heavy atom. The number of aryl methyl sites for hydroxylation is 1. The van der Waals surface area contributed by atoms with Crippen molar-refractivity contribution in [1.82, 2.24) is 15.0 Å². The molecule has 1 aromatic heterocycles. The first-order chi connectivity index (χ1) is 11.1. The fourth-order valence-electron chi connectivity index (χ4n) is 2.37. The topological polar surface area (TPSA) is 77.2 Å². The molecular weight excluding hydrogens is 294 g/mol. The zero-order chi connectivity index (χ0) is 16.4. The summed E-state index contributed by atoms with van der Waals surface area (Å²) in [6, 6.07) is 14.8. The Morgan fingerprint density at radius 1 is 1.17 bits per heavy atom. The second-order valence-electron chi connectivity index (χ2n) is 5.07. The van der Waals surface area contributed by atoms with Crippen molar-refractivity contribution >= 4 is 5.97 Å². The van der Waals surface area contributed by atoms with Crippen LogP contribution in [0.15, 0.2) is 48.5 Å². The summed E-state index contributed by atoms with van der Waals surface area (Å²) in [6.07, 6.45) is 0. The predicted molar refractivity (Wildman–Crippen MR) is 85.0 cm³/mol. The molecule has 0 saturated heterocycles. The van der Waals surface area contributed by atoms with Crippen LogP contribution in [0.25, 0.3) is 16.9 Å². The highest BCUT2D eigenvalue weighted by molar-refractivity contribution is 5.93. The SMILES string of the molecule is COc1ccc(-c2c(C(=O)O)nnn2-c2cccc(C)c2)cc1. The molecule has 0 bridgehead atoms. The van der Waals surface area contributed by atoms with Gasteiger partial charge in [0.2, 0.25) is 0 Å². The van der Waals surface area contributed by atoms with E-state index in [1.165, 1.54) is 4.68 Å². The minimum Gasteiger partial charge on any atom is -0.497 e. The summed E-state index contributed by atoms with van der Waals surface area (Å²) in [5.74, 6) is -0.421. The highest BCUT2D eigenvalue weighted by Crippen LogP contribution is 2.27. The second kappa shape index (κ2) is 5.92. The third-order valence-electron chi connectivity index (χ3n) is 3.48. The normalized spacial score (nSPS) is 10.5. The molecule has 0 spiro atoms. The Bertz CT molecular complexity index is 854. The summed E-state index contributed by atoms with van der Waals surface area (Å²) in [6.45, 7) is 1.96. The number of hydrogen-bond donors (Lipinski definition) is 1. The number of benzene rings is 2. The van der Waals surface area contributed by atoms with Gasteiger partial charge in [-0.2, -0.15) is 0 Å². The van der Waals surface area contributed by atoms with E-state index in [0.717, 1.165) is 11.3 Å².